The molecular formula is C15H15ClFN5O2. The molecule has 0 aliphatic carbocycles. The predicted octanol–water partition coefficient (Wildman–Crippen LogP) is 2.03. The van der Waals surface area contributed by atoms with Crippen molar-refractivity contribution in [1.29, 1.82) is 0 Å². The van der Waals surface area contributed by atoms with E-state index in [4.69, 9.17) is 17.3 Å². The summed E-state index contributed by atoms with van der Waals surface area (Å²) in [7, 11) is 1.46. The van der Waals surface area contributed by atoms with Crippen molar-refractivity contribution in [2.75, 3.05) is 12.4 Å². The van der Waals surface area contributed by atoms with Crippen molar-refractivity contribution in [3.8, 4) is 0 Å². The van der Waals surface area contributed by atoms with Crippen LogP contribution in [0.4, 0.5) is 15.9 Å². The predicted molar refractivity (Wildman–Crippen MR) is 88.0 cm³/mol. The van der Waals surface area contributed by atoms with E-state index in [2.05, 4.69) is 20.6 Å². The molecule has 0 spiro atoms. The Hall–Kier alpha value is -2.74. The van der Waals surface area contributed by atoms with Crippen LogP contribution in [0.15, 0.2) is 18.2 Å². The zero-order valence-electron chi connectivity index (χ0n) is 13.0. The highest BCUT2D eigenvalue weighted by Crippen LogP contribution is 2.24. The van der Waals surface area contributed by atoms with E-state index in [-0.39, 0.29) is 27.9 Å². The lowest BCUT2D eigenvalue weighted by Gasteiger charge is -2.12. The SMILES string of the molecule is CCc1nc(C(N)=O)c(Nc2cc(C(=O)NC)ccc2F)nc1Cl. The van der Waals surface area contributed by atoms with Gasteiger partial charge < -0.3 is 16.4 Å². The molecule has 0 saturated carbocycles. The Morgan fingerprint density at radius 1 is 1.33 bits per heavy atom. The standard InChI is InChI=1S/C15H15ClFN5O2/c1-3-9-12(16)22-14(11(20-9)13(18)23)21-10-6-7(15(24)19-2)4-5-8(10)17/h4-6H,3H2,1-2H3,(H2,18,23)(H,19,24)(H,21,22). The van der Waals surface area contributed by atoms with E-state index < -0.39 is 17.6 Å². The molecule has 7 nitrogen and oxygen atoms in total. The van der Waals surface area contributed by atoms with Crippen LogP contribution in [0.25, 0.3) is 0 Å². The Balaban J connectivity index is 2.49. The van der Waals surface area contributed by atoms with E-state index in [1.807, 2.05) is 0 Å². The van der Waals surface area contributed by atoms with Gasteiger partial charge in [-0.05, 0) is 24.6 Å². The van der Waals surface area contributed by atoms with Crippen molar-refractivity contribution in [3.63, 3.8) is 0 Å². The Kier molecular flexibility index (Phi) is 5.30. The van der Waals surface area contributed by atoms with Gasteiger partial charge in [-0.25, -0.2) is 14.4 Å². The molecule has 0 bridgehead atoms. The van der Waals surface area contributed by atoms with Gasteiger partial charge in [0.05, 0.1) is 11.4 Å². The molecule has 0 saturated heterocycles. The van der Waals surface area contributed by atoms with Crippen LogP contribution in [0.1, 0.15) is 33.5 Å². The second-order valence-electron chi connectivity index (χ2n) is 4.77. The number of carbonyl (C=O) groups excluding carboxylic acids is 2. The van der Waals surface area contributed by atoms with Gasteiger partial charge in [0.2, 0.25) is 0 Å². The Labute approximate surface area is 142 Å². The Morgan fingerprint density at radius 3 is 2.62 bits per heavy atom. The quantitative estimate of drug-likeness (QED) is 0.763. The van der Waals surface area contributed by atoms with E-state index in [0.29, 0.717) is 12.1 Å². The zero-order chi connectivity index (χ0) is 17.9. The van der Waals surface area contributed by atoms with Gasteiger partial charge in [0, 0.05) is 12.6 Å². The molecule has 126 valence electrons. The van der Waals surface area contributed by atoms with Crippen molar-refractivity contribution in [2.24, 2.45) is 5.73 Å². The molecule has 9 heteroatoms. The second kappa shape index (κ2) is 7.22. The van der Waals surface area contributed by atoms with Crippen molar-refractivity contribution < 1.29 is 14.0 Å². The number of halogens is 2. The van der Waals surface area contributed by atoms with E-state index in [1.165, 1.54) is 19.2 Å². The molecule has 0 aliphatic rings. The Morgan fingerprint density at radius 2 is 2.04 bits per heavy atom. The van der Waals surface area contributed by atoms with Crippen LogP contribution < -0.4 is 16.4 Å². The molecule has 4 N–H and O–H groups in total. The number of primary amides is 1. The fourth-order valence-electron chi connectivity index (χ4n) is 1.97. The van der Waals surface area contributed by atoms with Crippen molar-refractivity contribution in [2.45, 2.75) is 13.3 Å². The molecule has 0 fully saturated rings. The monoisotopic (exact) mass is 351 g/mol. The topological polar surface area (TPSA) is 110 Å². The molecule has 0 atom stereocenters. The third-order valence-corrected chi connectivity index (χ3v) is 3.50. The first-order valence-electron chi connectivity index (χ1n) is 7.02. The molecule has 2 aromatic rings. The number of aryl methyl sites for hydroxylation is 1. The van der Waals surface area contributed by atoms with Crippen molar-refractivity contribution in [3.05, 3.63) is 46.1 Å². The average molecular weight is 352 g/mol. The largest absolute Gasteiger partial charge is 0.364 e. The minimum Gasteiger partial charge on any atom is -0.364 e. The molecule has 0 unspecified atom stereocenters. The number of rotatable bonds is 5. The number of hydrogen-bond donors (Lipinski definition) is 3. The van der Waals surface area contributed by atoms with E-state index in [1.54, 1.807) is 6.92 Å². The van der Waals surface area contributed by atoms with Crippen LogP contribution in [0.5, 0.6) is 0 Å². The van der Waals surface area contributed by atoms with Crippen LogP contribution >= 0.6 is 11.6 Å². The minimum atomic E-state index is -0.834. The summed E-state index contributed by atoms with van der Waals surface area (Å²) in [5, 5.41) is 5.13. The van der Waals surface area contributed by atoms with Gasteiger partial charge in [-0.15, -0.1) is 0 Å². The first-order chi connectivity index (χ1) is 11.4. The number of hydrogen-bond acceptors (Lipinski definition) is 5. The molecule has 1 heterocycles. The molecule has 2 rings (SSSR count). The van der Waals surface area contributed by atoms with Crippen molar-refractivity contribution in [1.82, 2.24) is 15.3 Å². The van der Waals surface area contributed by atoms with Gasteiger partial charge in [-0.3, -0.25) is 9.59 Å². The average Bonchev–Trinajstić information content (AvgIpc) is 2.56. The summed E-state index contributed by atoms with van der Waals surface area (Å²) in [5.41, 5.74) is 5.70. The number of carbonyl (C=O) groups is 2. The summed E-state index contributed by atoms with van der Waals surface area (Å²) >= 11 is 5.99. The lowest BCUT2D eigenvalue weighted by atomic mass is 10.1. The number of aromatic nitrogens is 2. The van der Waals surface area contributed by atoms with Gasteiger partial charge in [-0.1, -0.05) is 18.5 Å². The third-order valence-electron chi connectivity index (χ3n) is 3.20. The van der Waals surface area contributed by atoms with Crippen LogP contribution in [0.2, 0.25) is 5.15 Å². The molecular weight excluding hydrogens is 337 g/mol. The van der Waals surface area contributed by atoms with E-state index >= 15 is 0 Å². The van der Waals surface area contributed by atoms with E-state index in [0.717, 1.165) is 6.07 Å². The fourth-order valence-corrected chi connectivity index (χ4v) is 2.23. The number of amides is 2. The minimum absolute atomic E-state index is 0.0618. The van der Waals surface area contributed by atoms with Crippen LogP contribution in [-0.4, -0.2) is 28.8 Å². The lowest BCUT2D eigenvalue weighted by molar-refractivity contribution is 0.0961. The maximum absolute atomic E-state index is 14.0. The molecule has 24 heavy (non-hydrogen) atoms. The summed E-state index contributed by atoms with van der Waals surface area (Å²) in [5.74, 6) is -1.95. The first-order valence-corrected chi connectivity index (χ1v) is 7.40. The zero-order valence-corrected chi connectivity index (χ0v) is 13.7. The highest BCUT2D eigenvalue weighted by molar-refractivity contribution is 6.30. The van der Waals surface area contributed by atoms with Gasteiger partial charge in [0.1, 0.15) is 5.82 Å². The summed E-state index contributed by atoms with van der Waals surface area (Å²) in [6.07, 6.45) is 0.451. The van der Waals surface area contributed by atoms with Gasteiger partial charge in [-0.2, -0.15) is 0 Å². The smallest absolute Gasteiger partial charge is 0.271 e. The summed E-state index contributed by atoms with van der Waals surface area (Å²) in [6.45, 7) is 1.79. The number of benzene rings is 1. The molecule has 0 radical (unpaired) electrons. The first kappa shape index (κ1) is 17.6. The van der Waals surface area contributed by atoms with Gasteiger partial charge in [0.25, 0.3) is 11.8 Å². The van der Waals surface area contributed by atoms with E-state index in [9.17, 15) is 14.0 Å². The molecule has 1 aromatic carbocycles. The fraction of sp³-hybridized carbons (Fsp3) is 0.200. The number of nitrogens with one attached hydrogen (secondary N) is 2. The molecule has 2 amide bonds. The lowest BCUT2D eigenvalue weighted by Crippen LogP contribution is -2.19. The van der Waals surface area contributed by atoms with Crippen LogP contribution in [-0.2, 0) is 6.42 Å². The second-order valence-corrected chi connectivity index (χ2v) is 5.13. The highest BCUT2D eigenvalue weighted by atomic mass is 35.5. The van der Waals surface area contributed by atoms with Crippen molar-refractivity contribution >= 4 is 34.9 Å². The normalized spacial score (nSPS) is 10.3. The summed E-state index contributed by atoms with van der Waals surface area (Å²) in [6, 6.07) is 3.72. The molecule has 1 aromatic heterocycles. The number of anilines is 2. The van der Waals surface area contributed by atoms with Gasteiger partial charge in [0.15, 0.2) is 16.7 Å². The third kappa shape index (κ3) is 3.60. The maximum atomic E-state index is 14.0. The highest BCUT2D eigenvalue weighted by Gasteiger charge is 2.18. The summed E-state index contributed by atoms with van der Waals surface area (Å²) < 4.78 is 14.0. The van der Waals surface area contributed by atoms with Crippen LogP contribution in [0, 0.1) is 5.82 Å². The maximum Gasteiger partial charge on any atom is 0.271 e. The summed E-state index contributed by atoms with van der Waals surface area (Å²) in [4.78, 5) is 31.3. The molecule has 0 aliphatic heterocycles. The number of nitrogens with zero attached hydrogens (tertiary/aromatic N) is 2. The Bertz CT molecular complexity index is 813. The number of nitrogens with two attached hydrogens (primary N) is 1. The van der Waals surface area contributed by atoms with Gasteiger partial charge >= 0.3 is 0 Å². The van der Waals surface area contributed by atoms with Crippen LogP contribution in [0.3, 0.4) is 0 Å².